The zero-order chi connectivity index (χ0) is 10.0. The van der Waals surface area contributed by atoms with Gasteiger partial charge in [0.1, 0.15) is 0 Å². The fourth-order valence-corrected chi connectivity index (χ4v) is 2.04. The summed E-state index contributed by atoms with van der Waals surface area (Å²) in [5.74, 6) is 0.0265. The van der Waals surface area contributed by atoms with Crippen LogP contribution in [-0.2, 0) is 5.60 Å². The lowest BCUT2D eigenvalue weighted by Gasteiger charge is -2.38. The summed E-state index contributed by atoms with van der Waals surface area (Å²) in [6.45, 7) is 5.66. The number of aliphatic hydroxyl groups is 1. The molecule has 1 aliphatic heterocycles. The van der Waals surface area contributed by atoms with Crippen LogP contribution in [0, 0.1) is 12.8 Å². The SMILES string of the molecule is [CH2]C1CNCCC1(O)c1ccccc1. The average Bonchev–Trinajstić information content (AvgIpc) is 2.24. The third kappa shape index (κ3) is 1.56. The van der Waals surface area contributed by atoms with Crippen molar-refractivity contribution in [2.75, 3.05) is 13.1 Å². The highest BCUT2D eigenvalue weighted by atomic mass is 16.3. The molecule has 0 aromatic heterocycles. The third-order valence-corrected chi connectivity index (χ3v) is 3.02. The van der Waals surface area contributed by atoms with Crippen LogP contribution in [0.15, 0.2) is 30.3 Å². The molecular weight excluding hydrogens is 174 g/mol. The summed E-state index contributed by atoms with van der Waals surface area (Å²) in [6, 6.07) is 9.84. The molecule has 2 unspecified atom stereocenters. The Morgan fingerprint density at radius 3 is 2.71 bits per heavy atom. The topological polar surface area (TPSA) is 32.3 Å². The maximum absolute atomic E-state index is 10.5. The lowest BCUT2D eigenvalue weighted by Crippen LogP contribution is -2.46. The molecule has 0 amide bonds. The van der Waals surface area contributed by atoms with E-state index in [-0.39, 0.29) is 5.92 Å². The van der Waals surface area contributed by atoms with Gasteiger partial charge >= 0.3 is 0 Å². The van der Waals surface area contributed by atoms with Gasteiger partial charge in [-0.05, 0) is 25.5 Å². The lowest BCUT2D eigenvalue weighted by molar-refractivity contribution is -0.0290. The fourth-order valence-electron chi connectivity index (χ4n) is 2.04. The van der Waals surface area contributed by atoms with Gasteiger partial charge in [-0.15, -0.1) is 0 Å². The lowest BCUT2D eigenvalue weighted by atomic mass is 9.78. The van der Waals surface area contributed by atoms with E-state index in [2.05, 4.69) is 12.2 Å². The largest absolute Gasteiger partial charge is 0.385 e. The Kier molecular flexibility index (Phi) is 2.57. The van der Waals surface area contributed by atoms with Gasteiger partial charge in [0.05, 0.1) is 5.60 Å². The van der Waals surface area contributed by atoms with Crippen molar-refractivity contribution >= 4 is 0 Å². The van der Waals surface area contributed by atoms with Crippen LogP contribution in [0.4, 0.5) is 0 Å². The summed E-state index contributed by atoms with van der Waals surface area (Å²) in [7, 11) is 0. The molecule has 1 aliphatic rings. The quantitative estimate of drug-likeness (QED) is 0.700. The number of piperidine rings is 1. The van der Waals surface area contributed by atoms with Crippen LogP contribution in [0.5, 0.6) is 0 Å². The molecule has 1 aromatic rings. The van der Waals surface area contributed by atoms with E-state index in [1.807, 2.05) is 30.3 Å². The monoisotopic (exact) mass is 190 g/mol. The van der Waals surface area contributed by atoms with Crippen molar-refractivity contribution in [2.45, 2.75) is 12.0 Å². The number of benzene rings is 1. The molecule has 2 nitrogen and oxygen atoms in total. The van der Waals surface area contributed by atoms with E-state index in [0.29, 0.717) is 0 Å². The zero-order valence-electron chi connectivity index (χ0n) is 8.24. The first kappa shape index (κ1) is 9.69. The Labute approximate surface area is 85.0 Å². The summed E-state index contributed by atoms with van der Waals surface area (Å²) in [4.78, 5) is 0. The molecule has 1 aromatic carbocycles. The van der Waals surface area contributed by atoms with E-state index in [1.165, 1.54) is 0 Å². The zero-order valence-corrected chi connectivity index (χ0v) is 8.24. The number of hydrogen-bond donors (Lipinski definition) is 2. The van der Waals surface area contributed by atoms with Crippen LogP contribution in [0.2, 0.25) is 0 Å². The standard InChI is InChI=1S/C12H16NO/c1-10-9-13-8-7-12(10,14)11-5-3-2-4-6-11/h2-6,10,13-14H,1,7-9H2. The second-order valence-corrected chi connectivity index (χ2v) is 3.94. The molecule has 2 rings (SSSR count). The maximum atomic E-state index is 10.5. The van der Waals surface area contributed by atoms with Gasteiger partial charge in [0.2, 0.25) is 0 Å². The minimum atomic E-state index is -0.744. The van der Waals surface area contributed by atoms with Crippen molar-refractivity contribution in [3.8, 4) is 0 Å². The number of nitrogens with one attached hydrogen (secondary N) is 1. The van der Waals surface area contributed by atoms with Crippen LogP contribution in [-0.4, -0.2) is 18.2 Å². The second-order valence-electron chi connectivity index (χ2n) is 3.94. The number of hydrogen-bond acceptors (Lipinski definition) is 2. The molecule has 14 heavy (non-hydrogen) atoms. The highest BCUT2D eigenvalue weighted by molar-refractivity contribution is 5.24. The molecule has 0 bridgehead atoms. The van der Waals surface area contributed by atoms with Crippen LogP contribution in [0.3, 0.4) is 0 Å². The van der Waals surface area contributed by atoms with Crippen LogP contribution >= 0.6 is 0 Å². The Morgan fingerprint density at radius 2 is 2.07 bits per heavy atom. The van der Waals surface area contributed by atoms with Crippen molar-refractivity contribution in [1.29, 1.82) is 0 Å². The summed E-state index contributed by atoms with van der Waals surface area (Å²) < 4.78 is 0. The van der Waals surface area contributed by atoms with E-state index >= 15 is 0 Å². The summed E-state index contributed by atoms with van der Waals surface area (Å²) in [5, 5.41) is 13.7. The molecule has 2 atom stereocenters. The molecule has 1 radical (unpaired) electrons. The molecule has 75 valence electrons. The summed E-state index contributed by atoms with van der Waals surface area (Å²) >= 11 is 0. The van der Waals surface area contributed by atoms with Crippen LogP contribution in [0.25, 0.3) is 0 Å². The van der Waals surface area contributed by atoms with Gasteiger partial charge in [-0.3, -0.25) is 0 Å². The minimum absolute atomic E-state index is 0.0265. The van der Waals surface area contributed by atoms with Gasteiger partial charge < -0.3 is 10.4 Å². The average molecular weight is 190 g/mol. The van der Waals surface area contributed by atoms with Gasteiger partial charge in [0.15, 0.2) is 0 Å². The van der Waals surface area contributed by atoms with Gasteiger partial charge in [-0.1, -0.05) is 30.3 Å². The highest BCUT2D eigenvalue weighted by Crippen LogP contribution is 2.34. The van der Waals surface area contributed by atoms with E-state index < -0.39 is 5.60 Å². The van der Waals surface area contributed by atoms with Crippen molar-refractivity contribution in [3.63, 3.8) is 0 Å². The van der Waals surface area contributed by atoms with E-state index in [0.717, 1.165) is 25.1 Å². The smallest absolute Gasteiger partial charge is 0.0948 e. The van der Waals surface area contributed by atoms with Crippen LogP contribution in [0.1, 0.15) is 12.0 Å². The highest BCUT2D eigenvalue weighted by Gasteiger charge is 2.37. The molecule has 1 heterocycles. The second kappa shape index (κ2) is 3.71. The summed E-state index contributed by atoms with van der Waals surface area (Å²) in [5.41, 5.74) is 0.244. The van der Waals surface area contributed by atoms with Crippen LogP contribution < -0.4 is 5.32 Å². The summed E-state index contributed by atoms with van der Waals surface area (Å²) in [6.07, 6.45) is 0.741. The molecule has 0 spiro atoms. The van der Waals surface area contributed by atoms with Crippen molar-refractivity contribution in [2.24, 2.45) is 5.92 Å². The maximum Gasteiger partial charge on any atom is 0.0948 e. The first-order chi connectivity index (χ1) is 6.73. The Hall–Kier alpha value is -0.860. The fraction of sp³-hybridized carbons (Fsp3) is 0.417. The number of rotatable bonds is 1. The van der Waals surface area contributed by atoms with E-state index in [1.54, 1.807) is 0 Å². The predicted octanol–water partition coefficient (Wildman–Crippen LogP) is 1.32. The first-order valence-corrected chi connectivity index (χ1v) is 5.05. The minimum Gasteiger partial charge on any atom is -0.385 e. The van der Waals surface area contributed by atoms with Crippen molar-refractivity contribution in [1.82, 2.24) is 5.32 Å². The molecule has 1 fully saturated rings. The Morgan fingerprint density at radius 1 is 1.36 bits per heavy atom. The Balaban J connectivity index is 2.30. The molecule has 2 N–H and O–H groups in total. The molecular formula is C12H16NO. The molecule has 2 heteroatoms. The van der Waals surface area contributed by atoms with Gasteiger partial charge in [0.25, 0.3) is 0 Å². The van der Waals surface area contributed by atoms with E-state index in [9.17, 15) is 5.11 Å². The molecule has 1 saturated heterocycles. The molecule has 0 aliphatic carbocycles. The third-order valence-electron chi connectivity index (χ3n) is 3.02. The predicted molar refractivity (Wildman–Crippen MR) is 56.7 cm³/mol. The van der Waals surface area contributed by atoms with Gasteiger partial charge in [-0.2, -0.15) is 0 Å². The van der Waals surface area contributed by atoms with Crippen molar-refractivity contribution in [3.05, 3.63) is 42.8 Å². The van der Waals surface area contributed by atoms with E-state index in [4.69, 9.17) is 0 Å². The van der Waals surface area contributed by atoms with Crippen molar-refractivity contribution < 1.29 is 5.11 Å². The normalized spacial score (nSPS) is 32.9. The first-order valence-electron chi connectivity index (χ1n) is 5.05. The van der Waals surface area contributed by atoms with Gasteiger partial charge in [0, 0.05) is 12.5 Å². The molecule has 0 saturated carbocycles. The van der Waals surface area contributed by atoms with Gasteiger partial charge in [-0.25, -0.2) is 0 Å². The Bertz CT molecular complexity index is 298.